The van der Waals surface area contributed by atoms with E-state index >= 15 is 0 Å². The number of aryl methyl sites for hydroxylation is 1. The van der Waals surface area contributed by atoms with E-state index in [1.165, 1.54) is 0 Å². The van der Waals surface area contributed by atoms with Gasteiger partial charge in [0.2, 0.25) is 0 Å². The minimum absolute atomic E-state index is 0.0238. The van der Waals surface area contributed by atoms with Crippen LogP contribution in [-0.4, -0.2) is 15.8 Å². The molecule has 0 radical (unpaired) electrons. The van der Waals surface area contributed by atoms with Gasteiger partial charge in [-0.2, -0.15) is 0 Å². The van der Waals surface area contributed by atoms with E-state index in [-0.39, 0.29) is 11.2 Å². The summed E-state index contributed by atoms with van der Waals surface area (Å²) >= 11 is 0. The van der Waals surface area contributed by atoms with Gasteiger partial charge in [0.15, 0.2) is 5.78 Å². The van der Waals surface area contributed by atoms with Crippen molar-refractivity contribution in [2.75, 3.05) is 0 Å². The van der Waals surface area contributed by atoms with Crippen molar-refractivity contribution in [1.82, 2.24) is 9.97 Å². The van der Waals surface area contributed by atoms with Crippen LogP contribution in [0.15, 0.2) is 18.2 Å². The molecule has 0 bridgehead atoms. The van der Waals surface area contributed by atoms with Gasteiger partial charge in [0.1, 0.15) is 5.82 Å². The van der Waals surface area contributed by atoms with Gasteiger partial charge in [-0.3, -0.25) is 4.79 Å². The van der Waals surface area contributed by atoms with E-state index in [1.54, 1.807) is 0 Å². The number of hydrogen-bond donors (Lipinski definition) is 1. The van der Waals surface area contributed by atoms with Crippen LogP contribution in [0, 0.1) is 12.3 Å². The van der Waals surface area contributed by atoms with Crippen LogP contribution in [0.1, 0.15) is 43.4 Å². The van der Waals surface area contributed by atoms with Gasteiger partial charge in [-0.15, -0.1) is 0 Å². The van der Waals surface area contributed by atoms with Gasteiger partial charge in [0.25, 0.3) is 0 Å². The molecule has 1 aromatic carbocycles. The van der Waals surface area contributed by atoms with Crippen LogP contribution in [0.2, 0.25) is 0 Å². The largest absolute Gasteiger partial charge is 0.342 e. The second-order valence-electron chi connectivity index (χ2n) is 5.71. The number of imidazole rings is 1. The predicted octanol–water partition coefficient (Wildman–Crippen LogP) is 3.49. The lowest BCUT2D eigenvalue weighted by atomic mass is 9.88. The second kappa shape index (κ2) is 3.99. The number of carbonyl (C=O) groups excluding carboxylic acids is 1. The van der Waals surface area contributed by atoms with Crippen molar-refractivity contribution in [1.29, 1.82) is 0 Å². The molecule has 0 aliphatic heterocycles. The number of nitrogens with zero attached hydrogens (tertiary/aromatic N) is 1. The molecule has 3 heteroatoms. The molecule has 1 aromatic heterocycles. The van der Waals surface area contributed by atoms with Gasteiger partial charge in [-0.1, -0.05) is 20.8 Å². The first-order valence-corrected chi connectivity index (χ1v) is 5.85. The van der Waals surface area contributed by atoms with E-state index in [4.69, 9.17) is 0 Å². The molecule has 1 N–H and O–H groups in total. The van der Waals surface area contributed by atoms with Crippen molar-refractivity contribution >= 4 is 16.8 Å². The van der Waals surface area contributed by atoms with E-state index in [0.29, 0.717) is 6.42 Å². The maximum absolute atomic E-state index is 12.1. The van der Waals surface area contributed by atoms with Gasteiger partial charge < -0.3 is 4.98 Å². The number of aromatic nitrogens is 2. The minimum Gasteiger partial charge on any atom is -0.342 e. The predicted molar refractivity (Wildman–Crippen MR) is 69.2 cm³/mol. The highest BCUT2D eigenvalue weighted by Gasteiger charge is 2.17. The Balaban J connectivity index is 2.33. The summed E-state index contributed by atoms with van der Waals surface area (Å²) in [5.41, 5.74) is 2.63. The Kier molecular flexibility index (Phi) is 2.77. The molecule has 0 atom stereocenters. The van der Waals surface area contributed by atoms with Gasteiger partial charge in [0, 0.05) is 12.0 Å². The molecule has 90 valence electrons. The van der Waals surface area contributed by atoms with Crippen molar-refractivity contribution < 1.29 is 4.79 Å². The maximum Gasteiger partial charge on any atom is 0.163 e. The van der Waals surface area contributed by atoms with Crippen molar-refractivity contribution in [2.24, 2.45) is 5.41 Å². The Morgan fingerprint density at radius 2 is 2.06 bits per heavy atom. The highest BCUT2D eigenvalue weighted by atomic mass is 16.1. The number of rotatable bonds is 2. The average molecular weight is 230 g/mol. The Hall–Kier alpha value is -1.64. The van der Waals surface area contributed by atoms with Crippen LogP contribution in [0.25, 0.3) is 11.0 Å². The summed E-state index contributed by atoms with van der Waals surface area (Å²) in [5.74, 6) is 1.06. The number of ketones is 1. The number of Topliss-reactive ketones (excluding diaryl/α,β-unsaturated/α-hetero) is 1. The topological polar surface area (TPSA) is 45.8 Å². The molecule has 0 fully saturated rings. The van der Waals surface area contributed by atoms with Gasteiger partial charge >= 0.3 is 0 Å². The normalized spacial score (nSPS) is 12.0. The number of H-pyrrole nitrogens is 1. The first-order valence-electron chi connectivity index (χ1n) is 5.85. The fourth-order valence-corrected chi connectivity index (χ4v) is 1.89. The Labute approximate surface area is 101 Å². The first-order chi connectivity index (χ1) is 7.85. The number of aromatic amines is 1. The van der Waals surface area contributed by atoms with Crippen LogP contribution >= 0.6 is 0 Å². The zero-order valence-corrected chi connectivity index (χ0v) is 10.8. The minimum atomic E-state index is 0.0238. The summed E-state index contributed by atoms with van der Waals surface area (Å²) < 4.78 is 0. The average Bonchev–Trinajstić information content (AvgIpc) is 2.53. The van der Waals surface area contributed by atoms with Crippen LogP contribution in [-0.2, 0) is 0 Å². The van der Waals surface area contributed by atoms with E-state index in [9.17, 15) is 4.79 Å². The standard InChI is InChI=1S/C14H18N2O/c1-9-15-11-6-5-10(7-12(11)16-9)13(17)8-14(2,3)4/h5-7H,8H2,1-4H3,(H,15,16). The van der Waals surface area contributed by atoms with Crippen molar-refractivity contribution in [3.05, 3.63) is 29.6 Å². The lowest BCUT2D eigenvalue weighted by Gasteiger charge is -2.16. The van der Waals surface area contributed by atoms with Crippen LogP contribution < -0.4 is 0 Å². The molecule has 0 spiro atoms. The highest BCUT2D eigenvalue weighted by Crippen LogP contribution is 2.23. The fraction of sp³-hybridized carbons (Fsp3) is 0.429. The summed E-state index contributed by atoms with van der Waals surface area (Å²) in [6.07, 6.45) is 0.561. The summed E-state index contributed by atoms with van der Waals surface area (Å²) in [6, 6.07) is 5.65. The monoisotopic (exact) mass is 230 g/mol. The number of hydrogen-bond acceptors (Lipinski definition) is 2. The molecule has 0 saturated heterocycles. The van der Waals surface area contributed by atoms with Crippen molar-refractivity contribution in [3.63, 3.8) is 0 Å². The molecule has 0 unspecified atom stereocenters. The molecule has 0 aliphatic rings. The zero-order valence-electron chi connectivity index (χ0n) is 10.8. The lowest BCUT2D eigenvalue weighted by molar-refractivity contribution is 0.0940. The third-order valence-corrected chi connectivity index (χ3v) is 2.61. The molecule has 0 saturated carbocycles. The maximum atomic E-state index is 12.1. The molecule has 2 rings (SSSR count). The summed E-state index contributed by atoms with van der Waals surface area (Å²) in [6.45, 7) is 8.13. The summed E-state index contributed by atoms with van der Waals surface area (Å²) in [5, 5.41) is 0. The summed E-state index contributed by atoms with van der Waals surface area (Å²) in [7, 11) is 0. The second-order valence-corrected chi connectivity index (χ2v) is 5.71. The summed E-state index contributed by atoms with van der Waals surface area (Å²) in [4.78, 5) is 19.6. The molecule has 0 aliphatic carbocycles. The molecule has 17 heavy (non-hydrogen) atoms. The Morgan fingerprint density at radius 3 is 2.71 bits per heavy atom. The van der Waals surface area contributed by atoms with Crippen molar-refractivity contribution in [3.8, 4) is 0 Å². The SMILES string of the molecule is Cc1nc2ccc(C(=O)CC(C)(C)C)cc2[nH]1. The van der Waals surface area contributed by atoms with Gasteiger partial charge in [0.05, 0.1) is 11.0 Å². The lowest BCUT2D eigenvalue weighted by Crippen LogP contribution is -2.12. The first kappa shape index (κ1) is 11.8. The van der Waals surface area contributed by atoms with Gasteiger partial charge in [-0.05, 0) is 30.5 Å². The molecule has 0 amide bonds. The van der Waals surface area contributed by atoms with E-state index in [2.05, 4.69) is 30.7 Å². The smallest absolute Gasteiger partial charge is 0.163 e. The van der Waals surface area contributed by atoms with Crippen LogP contribution in [0.5, 0.6) is 0 Å². The van der Waals surface area contributed by atoms with E-state index in [1.807, 2.05) is 25.1 Å². The molecule has 1 heterocycles. The molecule has 3 nitrogen and oxygen atoms in total. The number of fused-ring (bicyclic) bond motifs is 1. The van der Waals surface area contributed by atoms with E-state index in [0.717, 1.165) is 22.4 Å². The molecule has 2 aromatic rings. The number of nitrogens with one attached hydrogen (secondary N) is 1. The van der Waals surface area contributed by atoms with E-state index < -0.39 is 0 Å². The third-order valence-electron chi connectivity index (χ3n) is 2.61. The molecular formula is C14H18N2O. The third kappa shape index (κ3) is 2.73. The van der Waals surface area contributed by atoms with Gasteiger partial charge in [-0.25, -0.2) is 4.98 Å². The van der Waals surface area contributed by atoms with Crippen LogP contribution in [0.4, 0.5) is 0 Å². The highest BCUT2D eigenvalue weighted by molar-refractivity contribution is 5.99. The Bertz CT molecular complexity index is 561. The Morgan fingerprint density at radius 1 is 1.35 bits per heavy atom. The van der Waals surface area contributed by atoms with Crippen LogP contribution in [0.3, 0.4) is 0 Å². The van der Waals surface area contributed by atoms with Crippen molar-refractivity contribution in [2.45, 2.75) is 34.1 Å². The number of benzene rings is 1. The molecular weight excluding hydrogens is 212 g/mol. The number of carbonyl (C=O) groups is 1. The fourth-order valence-electron chi connectivity index (χ4n) is 1.89. The quantitative estimate of drug-likeness (QED) is 0.803. The zero-order chi connectivity index (χ0) is 12.6.